The van der Waals surface area contributed by atoms with Crippen LogP contribution in [0.5, 0.6) is 0 Å². The summed E-state index contributed by atoms with van der Waals surface area (Å²) in [5, 5.41) is 13.2. The maximum absolute atomic E-state index is 14.0. The average molecular weight is 563 g/mol. The Kier molecular flexibility index (Phi) is 5.74. The summed E-state index contributed by atoms with van der Waals surface area (Å²) in [6, 6.07) is 20.3. The van der Waals surface area contributed by atoms with E-state index in [-0.39, 0.29) is 6.42 Å². The minimum Gasteiger partial charge on any atom is -0.481 e. The van der Waals surface area contributed by atoms with Crippen LogP contribution in [0.25, 0.3) is 10.9 Å². The molecule has 0 fully saturated rings. The number of hydrogen-bond acceptors (Lipinski definition) is 4. The number of rotatable bonds is 4. The summed E-state index contributed by atoms with van der Waals surface area (Å²) < 4.78 is 0.837. The average Bonchev–Trinajstić information content (AvgIpc) is 2.93. The number of amides is 2. The molecule has 0 bridgehead atoms. The normalized spacial score (nSPS) is 15.6. The third-order valence-corrected chi connectivity index (χ3v) is 6.39. The molecule has 7 nitrogen and oxygen atoms in total. The Bertz CT molecular complexity index is 1470. The molecule has 1 aromatic heterocycles. The molecule has 1 aliphatic rings. The fourth-order valence-corrected chi connectivity index (χ4v) is 4.70. The standard InChI is InChI=1S/C26H18IN3O4/c27-18-9-10-21-19(13-18)26(34)30(22-8-4-2-6-16(22)12-23(31)32)24(25(33)29-21)17-11-15-5-1-3-7-20(15)28-14-17/h1-11,13-14,24H,12H2,(H,29,33)(H,31,32). The predicted molar refractivity (Wildman–Crippen MR) is 137 cm³/mol. The summed E-state index contributed by atoms with van der Waals surface area (Å²) in [4.78, 5) is 45.0. The van der Waals surface area contributed by atoms with Gasteiger partial charge in [0.1, 0.15) is 6.04 Å². The van der Waals surface area contributed by atoms with Gasteiger partial charge in [-0.05, 0) is 64.6 Å². The first-order valence-electron chi connectivity index (χ1n) is 10.5. The van der Waals surface area contributed by atoms with Crippen LogP contribution in [0, 0.1) is 3.57 Å². The molecule has 8 heteroatoms. The fraction of sp³-hybridized carbons (Fsp3) is 0.0769. The first-order valence-corrected chi connectivity index (χ1v) is 11.6. The van der Waals surface area contributed by atoms with Gasteiger partial charge in [-0.3, -0.25) is 24.3 Å². The van der Waals surface area contributed by atoms with Crippen LogP contribution in [0.4, 0.5) is 11.4 Å². The quantitative estimate of drug-likeness (QED) is 0.348. The van der Waals surface area contributed by atoms with Crippen molar-refractivity contribution in [2.45, 2.75) is 12.5 Å². The first-order chi connectivity index (χ1) is 16.4. The van der Waals surface area contributed by atoms with Gasteiger partial charge in [-0.1, -0.05) is 36.4 Å². The second-order valence-electron chi connectivity index (χ2n) is 7.92. The Morgan fingerprint density at radius 2 is 1.79 bits per heavy atom. The molecule has 0 saturated heterocycles. The van der Waals surface area contributed by atoms with Gasteiger partial charge in [-0.2, -0.15) is 0 Å². The lowest BCUT2D eigenvalue weighted by molar-refractivity contribution is -0.136. The SMILES string of the molecule is O=C(O)Cc1ccccc1N1C(=O)c2cc(I)ccc2NC(=O)C1c1cnc2ccccc2c1. The third kappa shape index (κ3) is 4.01. The van der Waals surface area contributed by atoms with Gasteiger partial charge < -0.3 is 10.4 Å². The number of carboxylic acid groups (broad SMARTS) is 1. The molecule has 2 heterocycles. The molecule has 2 amide bonds. The zero-order chi connectivity index (χ0) is 23.8. The molecule has 0 spiro atoms. The van der Waals surface area contributed by atoms with E-state index in [4.69, 9.17) is 0 Å². The summed E-state index contributed by atoms with van der Waals surface area (Å²) in [6.45, 7) is 0. The van der Waals surface area contributed by atoms with Gasteiger partial charge in [0.15, 0.2) is 0 Å². The van der Waals surface area contributed by atoms with Crippen LogP contribution in [-0.4, -0.2) is 27.9 Å². The monoisotopic (exact) mass is 563 g/mol. The number of nitrogens with one attached hydrogen (secondary N) is 1. The molecule has 1 atom stereocenters. The molecular weight excluding hydrogens is 545 g/mol. The highest BCUT2D eigenvalue weighted by Gasteiger charge is 2.39. The van der Waals surface area contributed by atoms with Gasteiger partial charge in [0.05, 0.1) is 23.2 Å². The van der Waals surface area contributed by atoms with Crippen LogP contribution in [0.1, 0.15) is 27.5 Å². The van der Waals surface area contributed by atoms with E-state index in [1.807, 2.05) is 36.4 Å². The van der Waals surface area contributed by atoms with Crippen molar-refractivity contribution in [3.05, 3.63) is 99.3 Å². The largest absolute Gasteiger partial charge is 0.481 e. The molecular formula is C26H18IN3O4. The Morgan fingerprint density at radius 3 is 2.62 bits per heavy atom. The number of para-hydroxylation sites is 2. The van der Waals surface area contributed by atoms with E-state index in [0.29, 0.717) is 28.1 Å². The second kappa shape index (κ2) is 8.86. The van der Waals surface area contributed by atoms with Crippen LogP contribution in [0.2, 0.25) is 0 Å². The number of fused-ring (bicyclic) bond motifs is 2. The van der Waals surface area contributed by atoms with Crippen molar-refractivity contribution >= 4 is 62.7 Å². The Labute approximate surface area is 208 Å². The van der Waals surface area contributed by atoms with Gasteiger partial charge in [-0.25, -0.2) is 0 Å². The number of halogens is 1. The number of pyridine rings is 1. The molecule has 1 aliphatic heterocycles. The number of nitrogens with zero attached hydrogens (tertiary/aromatic N) is 2. The summed E-state index contributed by atoms with van der Waals surface area (Å²) in [5.41, 5.74) is 2.84. The lowest BCUT2D eigenvalue weighted by atomic mass is 10.0. The summed E-state index contributed by atoms with van der Waals surface area (Å²) >= 11 is 2.11. The second-order valence-corrected chi connectivity index (χ2v) is 9.16. The summed E-state index contributed by atoms with van der Waals surface area (Å²) in [7, 11) is 0. The number of aliphatic carboxylic acids is 1. The molecule has 2 N–H and O–H groups in total. The van der Waals surface area contributed by atoms with Crippen molar-refractivity contribution in [1.29, 1.82) is 0 Å². The van der Waals surface area contributed by atoms with Crippen LogP contribution >= 0.6 is 22.6 Å². The Balaban J connectivity index is 1.75. The first kappa shape index (κ1) is 22.0. The molecule has 168 valence electrons. The van der Waals surface area contributed by atoms with E-state index in [2.05, 4.69) is 32.9 Å². The number of carboxylic acids is 1. The van der Waals surface area contributed by atoms with Crippen molar-refractivity contribution in [3.8, 4) is 0 Å². The molecule has 5 rings (SSSR count). The smallest absolute Gasteiger partial charge is 0.307 e. The van der Waals surface area contributed by atoms with Crippen molar-refractivity contribution in [2.24, 2.45) is 0 Å². The van der Waals surface area contributed by atoms with E-state index >= 15 is 0 Å². The minimum absolute atomic E-state index is 0.288. The molecule has 1 unspecified atom stereocenters. The van der Waals surface area contributed by atoms with E-state index in [0.717, 1.165) is 14.5 Å². The molecule has 0 aliphatic carbocycles. The number of aromatic nitrogens is 1. The molecule has 3 aromatic carbocycles. The molecule has 0 saturated carbocycles. The lowest BCUT2D eigenvalue weighted by Crippen LogP contribution is -2.39. The van der Waals surface area contributed by atoms with E-state index in [1.54, 1.807) is 42.6 Å². The maximum Gasteiger partial charge on any atom is 0.307 e. The fourth-order valence-electron chi connectivity index (χ4n) is 4.21. The Morgan fingerprint density at radius 1 is 1.03 bits per heavy atom. The number of hydrogen-bond donors (Lipinski definition) is 2. The van der Waals surface area contributed by atoms with Gasteiger partial charge in [-0.15, -0.1) is 0 Å². The van der Waals surface area contributed by atoms with E-state index in [9.17, 15) is 19.5 Å². The maximum atomic E-state index is 14.0. The highest BCUT2D eigenvalue weighted by molar-refractivity contribution is 14.1. The lowest BCUT2D eigenvalue weighted by Gasteiger charge is -2.30. The van der Waals surface area contributed by atoms with Gasteiger partial charge in [0.25, 0.3) is 11.8 Å². The number of carbonyl (C=O) groups excluding carboxylic acids is 2. The molecule has 4 aromatic rings. The molecule has 0 radical (unpaired) electrons. The number of anilines is 2. The van der Waals surface area contributed by atoms with Crippen LogP contribution in [0.3, 0.4) is 0 Å². The Hall–Kier alpha value is -3.79. The van der Waals surface area contributed by atoms with Crippen molar-refractivity contribution < 1.29 is 19.5 Å². The number of carbonyl (C=O) groups is 3. The van der Waals surface area contributed by atoms with Gasteiger partial charge in [0.2, 0.25) is 0 Å². The third-order valence-electron chi connectivity index (χ3n) is 5.72. The van der Waals surface area contributed by atoms with E-state index < -0.39 is 23.8 Å². The van der Waals surface area contributed by atoms with Crippen LogP contribution in [-0.2, 0) is 16.0 Å². The van der Waals surface area contributed by atoms with Gasteiger partial charge >= 0.3 is 5.97 Å². The summed E-state index contributed by atoms with van der Waals surface area (Å²) in [6.07, 6.45) is 1.30. The minimum atomic E-state index is -1.05. The van der Waals surface area contributed by atoms with Crippen LogP contribution < -0.4 is 10.2 Å². The zero-order valence-electron chi connectivity index (χ0n) is 17.7. The molecule has 34 heavy (non-hydrogen) atoms. The van der Waals surface area contributed by atoms with Gasteiger partial charge in [0, 0.05) is 26.4 Å². The van der Waals surface area contributed by atoms with Crippen molar-refractivity contribution in [3.63, 3.8) is 0 Å². The predicted octanol–water partition coefficient (Wildman–Crippen LogP) is 4.81. The van der Waals surface area contributed by atoms with Crippen molar-refractivity contribution in [2.75, 3.05) is 10.2 Å². The van der Waals surface area contributed by atoms with Crippen molar-refractivity contribution in [1.82, 2.24) is 4.98 Å². The summed E-state index contributed by atoms with van der Waals surface area (Å²) in [5.74, 6) is -1.84. The topological polar surface area (TPSA) is 99.6 Å². The van der Waals surface area contributed by atoms with Crippen LogP contribution in [0.15, 0.2) is 79.0 Å². The zero-order valence-corrected chi connectivity index (χ0v) is 19.9. The number of benzene rings is 3. The highest BCUT2D eigenvalue weighted by atomic mass is 127. The van der Waals surface area contributed by atoms with E-state index in [1.165, 1.54) is 4.90 Å². The highest BCUT2D eigenvalue weighted by Crippen LogP contribution is 2.37.